The van der Waals surface area contributed by atoms with Gasteiger partial charge in [0.05, 0.1) is 12.2 Å². The van der Waals surface area contributed by atoms with Crippen LogP contribution < -0.4 is 20.3 Å². The molecule has 0 bridgehead atoms. The number of pyridine rings is 1. The standard InChI is InChI=1S/C22H22N4O4/c1-14-5-8-26(12-16-3-4-18-19(10-16)30-13-29-18)22(28)20(14)21(27)25-15(2)9-17-11-23-6-7-24-17/h3-8,10-11,15H,9,12-13H2,1-2H3,(H,25,27). The van der Waals surface area contributed by atoms with Crippen LogP contribution in [0.4, 0.5) is 0 Å². The lowest BCUT2D eigenvalue weighted by Gasteiger charge is -2.15. The van der Waals surface area contributed by atoms with Crippen LogP contribution in [0.15, 0.2) is 53.8 Å². The predicted octanol–water partition coefficient (Wildman–Crippen LogP) is 2.08. The fraction of sp³-hybridized carbons (Fsp3) is 0.273. The number of carbonyl (C=O) groups is 1. The van der Waals surface area contributed by atoms with E-state index in [0.29, 0.717) is 30.0 Å². The van der Waals surface area contributed by atoms with Crippen molar-refractivity contribution in [3.8, 4) is 11.5 Å². The number of aromatic nitrogens is 3. The summed E-state index contributed by atoms with van der Waals surface area (Å²) in [6.45, 7) is 4.15. The third kappa shape index (κ3) is 4.17. The van der Waals surface area contributed by atoms with Crippen molar-refractivity contribution in [2.24, 2.45) is 0 Å². The van der Waals surface area contributed by atoms with Gasteiger partial charge in [0, 0.05) is 37.3 Å². The summed E-state index contributed by atoms with van der Waals surface area (Å²) in [7, 11) is 0. The highest BCUT2D eigenvalue weighted by Gasteiger charge is 2.19. The van der Waals surface area contributed by atoms with Gasteiger partial charge >= 0.3 is 0 Å². The van der Waals surface area contributed by atoms with Crippen LogP contribution in [0.3, 0.4) is 0 Å². The summed E-state index contributed by atoms with van der Waals surface area (Å²) in [5.74, 6) is 0.949. The van der Waals surface area contributed by atoms with E-state index in [4.69, 9.17) is 9.47 Å². The molecule has 1 N–H and O–H groups in total. The van der Waals surface area contributed by atoms with E-state index in [-0.39, 0.29) is 24.0 Å². The number of aryl methyl sites for hydroxylation is 1. The van der Waals surface area contributed by atoms with E-state index >= 15 is 0 Å². The van der Waals surface area contributed by atoms with Crippen LogP contribution in [0.2, 0.25) is 0 Å². The third-order valence-electron chi connectivity index (χ3n) is 4.90. The first-order valence-electron chi connectivity index (χ1n) is 9.65. The molecule has 3 heterocycles. The van der Waals surface area contributed by atoms with Gasteiger partial charge in [0.2, 0.25) is 6.79 Å². The molecular formula is C22H22N4O4. The number of amides is 1. The molecule has 2 aromatic heterocycles. The second kappa shape index (κ2) is 8.36. The number of fused-ring (bicyclic) bond motifs is 1. The van der Waals surface area contributed by atoms with Crippen molar-refractivity contribution in [3.05, 3.63) is 81.8 Å². The highest BCUT2D eigenvalue weighted by molar-refractivity contribution is 5.95. The molecule has 1 atom stereocenters. The molecule has 4 rings (SSSR count). The van der Waals surface area contributed by atoms with E-state index in [9.17, 15) is 9.59 Å². The zero-order chi connectivity index (χ0) is 21.1. The molecule has 0 saturated carbocycles. The number of ether oxygens (including phenoxy) is 2. The molecular weight excluding hydrogens is 384 g/mol. The zero-order valence-corrected chi connectivity index (χ0v) is 16.8. The maximum atomic E-state index is 13.0. The summed E-state index contributed by atoms with van der Waals surface area (Å²) in [4.78, 5) is 34.1. The lowest BCUT2D eigenvalue weighted by molar-refractivity contribution is 0.0937. The smallest absolute Gasteiger partial charge is 0.263 e. The van der Waals surface area contributed by atoms with Crippen LogP contribution in [-0.2, 0) is 13.0 Å². The van der Waals surface area contributed by atoms with Gasteiger partial charge in [0.15, 0.2) is 11.5 Å². The molecule has 30 heavy (non-hydrogen) atoms. The zero-order valence-electron chi connectivity index (χ0n) is 16.8. The Balaban J connectivity index is 1.52. The number of hydrogen-bond donors (Lipinski definition) is 1. The Morgan fingerprint density at radius 2 is 2.07 bits per heavy atom. The molecule has 1 aromatic carbocycles. The van der Waals surface area contributed by atoms with E-state index in [2.05, 4.69) is 15.3 Å². The lowest BCUT2D eigenvalue weighted by atomic mass is 10.1. The molecule has 0 saturated heterocycles. The van der Waals surface area contributed by atoms with Gasteiger partial charge in [-0.15, -0.1) is 0 Å². The SMILES string of the molecule is Cc1ccn(Cc2ccc3c(c2)OCO3)c(=O)c1C(=O)NC(C)Cc1cnccn1. The van der Waals surface area contributed by atoms with E-state index in [1.807, 2.05) is 25.1 Å². The molecule has 154 valence electrons. The van der Waals surface area contributed by atoms with Crippen molar-refractivity contribution in [2.45, 2.75) is 32.9 Å². The second-order valence-electron chi connectivity index (χ2n) is 7.27. The van der Waals surface area contributed by atoms with Crippen molar-refractivity contribution in [3.63, 3.8) is 0 Å². The van der Waals surface area contributed by atoms with Crippen molar-refractivity contribution >= 4 is 5.91 Å². The van der Waals surface area contributed by atoms with Crippen LogP contribution in [0.25, 0.3) is 0 Å². The van der Waals surface area contributed by atoms with Gasteiger partial charge in [-0.1, -0.05) is 6.07 Å². The Morgan fingerprint density at radius 1 is 1.23 bits per heavy atom. The highest BCUT2D eigenvalue weighted by atomic mass is 16.7. The molecule has 0 spiro atoms. The van der Waals surface area contributed by atoms with Crippen LogP contribution in [-0.4, -0.2) is 33.3 Å². The van der Waals surface area contributed by atoms with Crippen molar-refractivity contribution < 1.29 is 14.3 Å². The molecule has 8 heteroatoms. The number of nitrogens with zero attached hydrogens (tertiary/aromatic N) is 3. The van der Waals surface area contributed by atoms with Gasteiger partial charge in [-0.2, -0.15) is 0 Å². The first-order valence-corrected chi connectivity index (χ1v) is 9.65. The van der Waals surface area contributed by atoms with E-state index < -0.39 is 5.91 Å². The molecule has 0 fully saturated rings. The van der Waals surface area contributed by atoms with Crippen molar-refractivity contribution in [1.29, 1.82) is 0 Å². The van der Waals surface area contributed by atoms with Crippen LogP contribution in [0, 0.1) is 6.92 Å². The average Bonchev–Trinajstić information content (AvgIpc) is 3.19. The largest absolute Gasteiger partial charge is 0.454 e. The summed E-state index contributed by atoms with van der Waals surface area (Å²) in [6.07, 6.45) is 7.09. The molecule has 3 aromatic rings. The van der Waals surface area contributed by atoms with Crippen molar-refractivity contribution in [1.82, 2.24) is 19.9 Å². The quantitative estimate of drug-likeness (QED) is 0.674. The lowest BCUT2D eigenvalue weighted by Crippen LogP contribution is -2.39. The third-order valence-corrected chi connectivity index (χ3v) is 4.90. The Hall–Kier alpha value is -3.68. The van der Waals surface area contributed by atoms with Gasteiger partial charge in [-0.25, -0.2) is 0 Å². The normalized spacial score (nSPS) is 13.1. The summed E-state index contributed by atoms with van der Waals surface area (Å²) >= 11 is 0. The minimum absolute atomic E-state index is 0.143. The maximum Gasteiger partial charge on any atom is 0.263 e. The van der Waals surface area contributed by atoms with Gasteiger partial charge < -0.3 is 19.4 Å². The topological polar surface area (TPSA) is 95.3 Å². The Bertz CT molecular complexity index is 1130. The number of benzene rings is 1. The van der Waals surface area contributed by atoms with Crippen molar-refractivity contribution in [2.75, 3.05) is 6.79 Å². The van der Waals surface area contributed by atoms with E-state index in [0.717, 1.165) is 11.3 Å². The molecule has 0 aliphatic carbocycles. The minimum atomic E-state index is -0.395. The molecule has 1 aliphatic heterocycles. The maximum absolute atomic E-state index is 13.0. The van der Waals surface area contributed by atoms with Crippen LogP contribution in [0.5, 0.6) is 11.5 Å². The highest BCUT2D eigenvalue weighted by Crippen LogP contribution is 2.32. The Morgan fingerprint density at radius 3 is 2.87 bits per heavy atom. The summed E-state index contributed by atoms with van der Waals surface area (Å²) in [5, 5.41) is 2.89. The fourth-order valence-electron chi connectivity index (χ4n) is 3.40. The van der Waals surface area contributed by atoms with Crippen LogP contribution >= 0.6 is 0 Å². The molecule has 1 unspecified atom stereocenters. The first-order chi connectivity index (χ1) is 14.5. The fourth-order valence-corrected chi connectivity index (χ4v) is 3.40. The minimum Gasteiger partial charge on any atom is -0.454 e. The van der Waals surface area contributed by atoms with Gasteiger partial charge in [-0.3, -0.25) is 19.6 Å². The van der Waals surface area contributed by atoms with Gasteiger partial charge in [0.1, 0.15) is 5.56 Å². The molecule has 1 aliphatic rings. The van der Waals surface area contributed by atoms with Crippen LogP contribution in [0.1, 0.15) is 34.1 Å². The Labute approximate surface area is 173 Å². The summed E-state index contributed by atoms with van der Waals surface area (Å²) in [5.41, 5.74) is 2.09. The molecule has 0 radical (unpaired) electrons. The first kappa shape index (κ1) is 19.6. The van der Waals surface area contributed by atoms with Gasteiger partial charge in [-0.05, 0) is 43.2 Å². The van der Waals surface area contributed by atoms with E-state index in [1.54, 1.807) is 37.8 Å². The predicted molar refractivity (Wildman–Crippen MR) is 110 cm³/mol. The van der Waals surface area contributed by atoms with Gasteiger partial charge in [0.25, 0.3) is 11.5 Å². The summed E-state index contributed by atoms with van der Waals surface area (Å²) in [6, 6.07) is 7.12. The monoisotopic (exact) mass is 406 g/mol. The summed E-state index contributed by atoms with van der Waals surface area (Å²) < 4.78 is 12.2. The number of rotatable bonds is 6. The molecule has 1 amide bonds. The Kier molecular flexibility index (Phi) is 5.47. The number of hydrogen-bond acceptors (Lipinski definition) is 6. The average molecular weight is 406 g/mol. The number of carbonyl (C=O) groups excluding carboxylic acids is 1. The second-order valence-corrected chi connectivity index (χ2v) is 7.27. The molecule has 8 nitrogen and oxygen atoms in total. The number of nitrogens with one attached hydrogen (secondary N) is 1. The van der Waals surface area contributed by atoms with E-state index in [1.165, 1.54) is 4.57 Å².